The van der Waals surface area contributed by atoms with E-state index >= 15 is 0 Å². The zero-order valence-electron chi connectivity index (χ0n) is 18.9. The molecule has 3 aliphatic rings. The fraction of sp³-hybridized carbons (Fsp3) is 0.375. The largest absolute Gasteiger partial charge is 0.423 e. The molecule has 2 aliphatic heterocycles. The van der Waals surface area contributed by atoms with Crippen molar-refractivity contribution in [2.24, 2.45) is 11.3 Å². The molecular weight excluding hydrogens is 435 g/mol. The van der Waals surface area contributed by atoms with E-state index in [1.165, 1.54) is 0 Å². The standard InChI is InChI=1S/C24H27N6O2P/c1-24-13-30(23-27-16-6-4-5-7-18(16)32-23)12-15(24)21(24)29(3)22-26-17(10-20(31)28(22)2)14-8-9-25-11-19(14)33/h4-11,15,21-22,26H,12-13,33H2,1-3H3/t15-,21-,22?,24-/m1/s1. The molecule has 1 N–H and O–H groups in total. The Morgan fingerprint density at radius 3 is 2.85 bits per heavy atom. The summed E-state index contributed by atoms with van der Waals surface area (Å²) in [7, 11) is 6.66. The maximum Gasteiger partial charge on any atom is 0.298 e. The Morgan fingerprint density at radius 2 is 2.12 bits per heavy atom. The van der Waals surface area contributed by atoms with Gasteiger partial charge in [-0.3, -0.25) is 14.7 Å². The van der Waals surface area contributed by atoms with Crippen molar-refractivity contribution in [1.82, 2.24) is 25.1 Å². The minimum Gasteiger partial charge on any atom is -0.423 e. The second kappa shape index (κ2) is 7.27. The van der Waals surface area contributed by atoms with Gasteiger partial charge >= 0.3 is 0 Å². The summed E-state index contributed by atoms with van der Waals surface area (Å²) in [6, 6.07) is 10.9. The number of hydrogen-bond donors (Lipinski definition) is 1. The maximum absolute atomic E-state index is 12.8. The molecule has 3 aromatic rings. The van der Waals surface area contributed by atoms with Crippen LogP contribution >= 0.6 is 9.24 Å². The number of nitrogens with one attached hydrogen (secondary N) is 1. The minimum absolute atomic E-state index is 0.00845. The number of rotatable bonds is 4. The van der Waals surface area contributed by atoms with Crippen molar-refractivity contribution >= 4 is 43.3 Å². The average Bonchev–Trinajstić information content (AvgIpc) is 3.10. The third-order valence-electron chi connectivity index (χ3n) is 7.53. The first kappa shape index (κ1) is 20.6. The van der Waals surface area contributed by atoms with E-state index in [1.54, 1.807) is 23.4 Å². The van der Waals surface area contributed by atoms with Gasteiger partial charge in [-0.15, -0.1) is 9.24 Å². The van der Waals surface area contributed by atoms with Crippen LogP contribution in [0.5, 0.6) is 0 Å². The van der Waals surface area contributed by atoms with E-state index in [1.807, 2.05) is 37.4 Å². The van der Waals surface area contributed by atoms with Crippen molar-refractivity contribution in [2.45, 2.75) is 19.3 Å². The number of oxazole rings is 1. The van der Waals surface area contributed by atoms with Gasteiger partial charge in [-0.25, -0.2) is 0 Å². The topological polar surface area (TPSA) is 77.7 Å². The highest BCUT2D eigenvalue weighted by Gasteiger charge is 2.69. The number of fused-ring (bicyclic) bond motifs is 2. The molecule has 2 fully saturated rings. The van der Waals surface area contributed by atoms with Crippen molar-refractivity contribution in [3.8, 4) is 0 Å². The molecule has 6 rings (SSSR count). The zero-order chi connectivity index (χ0) is 22.9. The van der Waals surface area contributed by atoms with E-state index in [-0.39, 0.29) is 17.6 Å². The quantitative estimate of drug-likeness (QED) is 0.593. The van der Waals surface area contributed by atoms with E-state index in [2.05, 4.69) is 48.3 Å². The highest BCUT2D eigenvalue weighted by atomic mass is 31.0. The van der Waals surface area contributed by atoms with Crippen LogP contribution in [0.15, 0.2) is 53.2 Å². The van der Waals surface area contributed by atoms with Crippen LogP contribution in [0.2, 0.25) is 0 Å². The normalized spacial score (nSPS) is 28.8. The lowest BCUT2D eigenvalue weighted by molar-refractivity contribution is -0.132. The first-order valence-corrected chi connectivity index (χ1v) is 11.7. The van der Waals surface area contributed by atoms with Gasteiger partial charge in [0.15, 0.2) is 11.9 Å². The Bertz CT molecular complexity index is 1260. The lowest BCUT2D eigenvalue weighted by Crippen LogP contribution is -2.59. The molecule has 5 atom stereocenters. The fourth-order valence-electron chi connectivity index (χ4n) is 5.71. The zero-order valence-corrected chi connectivity index (χ0v) is 20.0. The van der Waals surface area contributed by atoms with Gasteiger partial charge in [0.05, 0.1) is 5.70 Å². The molecule has 4 heterocycles. The summed E-state index contributed by atoms with van der Waals surface area (Å²) in [5.41, 5.74) is 3.63. The summed E-state index contributed by atoms with van der Waals surface area (Å²) in [6.07, 6.45) is 4.98. The van der Waals surface area contributed by atoms with Crippen LogP contribution < -0.4 is 15.5 Å². The molecule has 33 heavy (non-hydrogen) atoms. The van der Waals surface area contributed by atoms with Crippen molar-refractivity contribution in [1.29, 1.82) is 0 Å². The van der Waals surface area contributed by atoms with Gasteiger partial charge in [0.25, 0.3) is 11.9 Å². The summed E-state index contributed by atoms with van der Waals surface area (Å²) in [6.45, 7) is 4.10. The molecule has 1 saturated carbocycles. The lowest BCUT2D eigenvalue weighted by Gasteiger charge is -2.41. The molecule has 1 amide bonds. The number of hydrogen-bond acceptors (Lipinski definition) is 7. The van der Waals surface area contributed by atoms with Gasteiger partial charge in [0.2, 0.25) is 0 Å². The molecule has 1 aromatic carbocycles. The van der Waals surface area contributed by atoms with E-state index in [4.69, 9.17) is 4.42 Å². The van der Waals surface area contributed by atoms with Gasteiger partial charge in [-0.2, -0.15) is 4.98 Å². The number of aromatic nitrogens is 2. The monoisotopic (exact) mass is 462 g/mol. The Morgan fingerprint density at radius 1 is 1.30 bits per heavy atom. The summed E-state index contributed by atoms with van der Waals surface area (Å²) in [5.74, 6) is 0.473. The number of nitrogens with zero attached hydrogens (tertiary/aromatic N) is 5. The van der Waals surface area contributed by atoms with Gasteiger partial charge in [0.1, 0.15) is 5.52 Å². The second-order valence-corrected chi connectivity index (χ2v) is 10.2. The second-order valence-electron chi connectivity index (χ2n) is 9.56. The van der Waals surface area contributed by atoms with Crippen molar-refractivity contribution in [3.63, 3.8) is 0 Å². The number of likely N-dealkylation sites (N-methyl/N-ethyl adjacent to an activating group) is 1. The molecule has 8 nitrogen and oxygen atoms in total. The van der Waals surface area contributed by atoms with Crippen LogP contribution in [0.1, 0.15) is 12.5 Å². The molecule has 170 valence electrons. The molecule has 2 aromatic heterocycles. The van der Waals surface area contributed by atoms with Crippen LogP contribution in [-0.4, -0.2) is 65.2 Å². The average molecular weight is 462 g/mol. The summed E-state index contributed by atoms with van der Waals surface area (Å²) >= 11 is 0. The number of piperidine rings is 1. The molecule has 0 spiro atoms. The Labute approximate surface area is 194 Å². The Balaban J connectivity index is 1.20. The van der Waals surface area contributed by atoms with E-state index in [9.17, 15) is 4.79 Å². The minimum atomic E-state index is -0.222. The lowest BCUT2D eigenvalue weighted by atomic mass is 10.1. The highest BCUT2D eigenvalue weighted by Crippen LogP contribution is 2.60. The van der Waals surface area contributed by atoms with E-state index in [0.717, 1.165) is 40.8 Å². The summed E-state index contributed by atoms with van der Waals surface area (Å²) in [4.78, 5) is 28.0. The molecule has 2 unspecified atom stereocenters. The third kappa shape index (κ3) is 3.15. The molecular formula is C24H27N6O2P. The van der Waals surface area contributed by atoms with Gasteiger partial charge < -0.3 is 19.5 Å². The number of pyridine rings is 1. The SMILES string of the molecule is CN1C(=O)C=C(c2ccncc2P)NC1N(C)[C@@H]1[C@H]2CN(c3nc4ccccc4o3)C[C@]21C. The third-order valence-corrected chi connectivity index (χ3v) is 7.99. The molecule has 1 saturated heterocycles. The molecule has 1 aliphatic carbocycles. The van der Waals surface area contributed by atoms with Crippen LogP contribution in [-0.2, 0) is 4.79 Å². The highest BCUT2D eigenvalue weighted by molar-refractivity contribution is 7.27. The smallest absolute Gasteiger partial charge is 0.298 e. The number of benzene rings is 1. The first-order valence-electron chi connectivity index (χ1n) is 11.1. The van der Waals surface area contributed by atoms with Gasteiger partial charge in [0, 0.05) is 61.5 Å². The number of anilines is 1. The van der Waals surface area contributed by atoms with Crippen molar-refractivity contribution in [3.05, 3.63) is 54.4 Å². The van der Waals surface area contributed by atoms with Crippen LogP contribution in [0.3, 0.4) is 0 Å². The van der Waals surface area contributed by atoms with Gasteiger partial charge in [-0.1, -0.05) is 19.1 Å². The van der Waals surface area contributed by atoms with Crippen molar-refractivity contribution in [2.75, 3.05) is 32.1 Å². The molecule has 9 heteroatoms. The van der Waals surface area contributed by atoms with Crippen LogP contribution in [0.4, 0.5) is 6.01 Å². The fourth-order valence-corrected chi connectivity index (χ4v) is 6.05. The molecule has 0 radical (unpaired) electrons. The Kier molecular flexibility index (Phi) is 4.55. The summed E-state index contributed by atoms with van der Waals surface area (Å²) < 4.78 is 6.00. The van der Waals surface area contributed by atoms with E-state index < -0.39 is 0 Å². The number of carbonyl (C=O) groups is 1. The first-order chi connectivity index (χ1) is 15.9. The summed E-state index contributed by atoms with van der Waals surface area (Å²) in [5, 5.41) is 4.54. The van der Waals surface area contributed by atoms with Crippen molar-refractivity contribution < 1.29 is 9.21 Å². The van der Waals surface area contributed by atoms with Crippen LogP contribution in [0, 0.1) is 11.3 Å². The number of carbonyl (C=O) groups excluding carboxylic acids is 1. The van der Waals surface area contributed by atoms with Crippen LogP contribution in [0.25, 0.3) is 16.8 Å². The number of amides is 1. The van der Waals surface area contributed by atoms with E-state index in [0.29, 0.717) is 18.0 Å². The number of para-hydroxylation sites is 2. The Hall–Kier alpha value is -2.96. The maximum atomic E-state index is 12.8. The predicted octanol–water partition coefficient (Wildman–Crippen LogP) is 1.87. The predicted molar refractivity (Wildman–Crippen MR) is 131 cm³/mol. The van der Waals surface area contributed by atoms with Gasteiger partial charge in [-0.05, 0) is 30.6 Å². The molecule has 0 bridgehead atoms.